The minimum Gasteiger partial charge on any atom is -0.367 e. The van der Waals surface area contributed by atoms with E-state index in [0.29, 0.717) is 6.04 Å². The third-order valence-corrected chi connectivity index (χ3v) is 3.80. The zero-order chi connectivity index (χ0) is 12.1. The third-order valence-electron chi connectivity index (χ3n) is 3.80. The van der Waals surface area contributed by atoms with Crippen LogP contribution in [0.5, 0.6) is 0 Å². The Morgan fingerprint density at radius 1 is 1.29 bits per heavy atom. The van der Waals surface area contributed by atoms with Gasteiger partial charge < -0.3 is 5.32 Å². The van der Waals surface area contributed by atoms with Crippen LogP contribution in [0.4, 0.5) is 5.82 Å². The van der Waals surface area contributed by atoms with Crippen molar-refractivity contribution in [2.45, 2.75) is 58.4 Å². The maximum Gasteiger partial charge on any atom is 0.129 e. The molecule has 1 fully saturated rings. The van der Waals surface area contributed by atoms with Crippen molar-refractivity contribution in [1.82, 2.24) is 9.97 Å². The van der Waals surface area contributed by atoms with Crippen LogP contribution in [-0.2, 0) is 0 Å². The Labute approximate surface area is 104 Å². The first-order valence-electron chi connectivity index (χ1n) is 6.84. The van der Waals surface area contributed by atoms with E-state index in [1.54, 1.807) is 6.33 Å². The first kappa shape index (κ1) is 12.3. The molecule has 94 valence electrons. The predicted octanol–water partition coefficient (Wildman–Crippen LogP) is 3.56. The van der Waals surface area contributed by atoms with Gasteiger partial charge >= 0.3 is 0 Å². The van der Waals surface area contributed by atoms with E-state index in [0.717, 1.165) is 17.4 Å². The first-order chi connectivity index (χ1) is 8.29. The summed E-state index contributed by atoms with van der Waals surface area (Å²) in [5, 5.41) is 3.59. The van der Waals surface area contributed by atoms with Crippen molar-refractivity contribution in [3.8, 4) is 0 Å². The molecule has 3 nitrogen and oxygen atoms in total. The monoisotopic (exact) mass is 233 g/mol. The lowest BCUT2D eigenvalue weighted by Gasteiger charge is -2.30. The van der Waals surface area contributed by atoms with Crippen LogP contribution in [-0.4, -0.2) is 16.0 Å². The van der Waals surface area contributed by atoms with Crippen molar-refractivity contribution in [2.24, 2.45) is 5.92 Å². The van der Waals surface area contributed by atoms with Gasteiger partial charge in [-0.25, -0.2) is 9.97 Å². The number of aryl methyl sites for hydroxylation is 1. The SMILES string of the molecule is CCC(Nc1cc(C)ncn1)C1CCCCC1. The molecule has 1 atom stereocenters. The summed E-state index contributed by atoms with van der Waals surface area (Å²) in [6.45, 7) is 4.27. The van der Waals surface area contributed by atoms with Crippen molar-refractivity contribution >= 4 is 5.82 Å². The molecule has 1 aromatic rings. The molecule has 0 saturated heterocycles. The molecule has 1 aliphatic rings. The molecule has 1 aromatic heterocycles. The number of hydrogen-bond acceptors (Lipinski definition) is 3. The largest absolute Gasteiger partial charge is 0.367 e. The van der Waals surface area contributed by atoms with Crippen molar-refractivity contribution in [2.75, 3.05) is 5.32 Å². The molecule has 0 spiro atoms. The second kappa shape index (κ2) is 5.99. The van der Waals surface area contributed by atoms with E-state index in [-0.39, 0.29) is 0 Å². The van der Waals surface area contributed by atoms with Crippen molar-refractivity contribution < 1.29 is 0 Å². The maximum absolute atomic E-state index is 4.30. The predicted molar refractivity (Wildman–Crippen MR) is 71.0 cm³/mol. The lowest BCUT2D eigenvalue weighted by molar-refractivity contribution is 0.312. The van der Waals surface area contributed by atoms with E-state index >= 15 is 0 Å². The highest BCUT2D eigenvalue weighted by atomic mass is 15.0. The fourth-order valence-electron chi connectivity index (χ4n) is 2.81. The Balaban J connectivity index is 1.98. The molecule has 1 N–H and O–H groups in total. The summed E-state index contributed by atoms with van der Waals surface area (Å²) >= 11 is 0. The minimum absolute atomic E-state index is 0.574. The molecule has 0 aromatic carbocycles. The Bertz CT molecular complexity index is 345. The van der Waals surface area contributed by atoms with Crippen LogP contribution in [0.1, 0.15) is 51.1 Å². The number of anilines is 1. The molecule has 1 aliphatic carbocycles. The Morgan fingerprint density at radius 3 is 2.71 bits per heavy atom. The summed E-state index contributed by atoms with van der Waals surface area (Å²) in [5.74, 6) is 1.80. The van der Waals surface area contributed by atoms with Crippen molar-refractivity contribution in [3.63, 3.8) is 0 Å². The van der Waals surface area contributed by atoms with Gasteiger partial charge in [0.2, 0.25) is 0 Å². The molecule has 2 rings (SSSR count). The molecule has 3 heteroatoms. The number of nitrogens with one attached hydrogen (secondary N) is 1. The smallest absolute Gasteiger partial charge is 0.129 e. The number of hydrogen-bond donors (Lipinski definition) is 1. The zero-order valence-corrected chi connectivity index (χ0v) is 10.9. The Hall–Kier alpha value is -1.12. The fourth-order valence-corrected chi connectivity index (χ4v) is 2.81. The zero-order valence-electron chi connectivity index (χ0n) is 10.9. The van der Waals surface area contributed by atoms with Crippen LogP contribution in [0.25, 0.3) is 0 Å². The summed E-state index contributed by atoms with van der Waals surface area (Å²) in [7, 11) is 0. The van der Waals surface area contributed by atoms with Crippen LogP contribution in [0, 0.1) is 12.8 Å². The third kappa shape index (κ3) is 3.42. The van der Waals surface area contributed by atoms with Gasteiger partial charge in [-0.1, -0.05) is 26.2 Å². The Morgan fingerprint density at radius 2 is 2.06 bits per heavy atom. The quantitative estimate of drug-likeness (QED) is 0.864. The highest BCUT2D eigenvalue weighted by Crippen LogP contribution is 2.29. The molecule has 0 radical (unpaired) electrons. The van der Waals surface area contributed by atoms with Crippen molar-refractivity contribution in [1.29, 1.82) is 0 Å². The number of nitrogens with zero attached hydrogens (tertiary/aromatic N) is 2. The maximum atomic E-state index is 4.30. The van der Waals surface area contributed by atoms with Gasteiger partial charge in [0.25, 0.3) is 0 Å². The molecule has 17 heavy (non-hydrogen) atoms. The summed E-state index contributed by atoms with van der Waals surface area (Å²) in [6.07, 6.45) is 9.76. The lowest BCUT2D eigenvalue weighted by Crippen LogP contribution is -2.30. The summed E-state index contributed by atoms with van der Waals surface area (Å²) in [4.78, 5) is 8.43. The van der Waals surface area contributed by atoms with Gasteiger partial charge in [-0.3, -0.25) is 0 Å². The number of aromatic nitrogens is 2. The minimum atomic E-state index is 0.574. The van der Waals surface area contributed by atoms with E-state index in [1.165, 1.54) is 38.5 Å². The summed E-state index contributed by atoms with van der Waals surface area (Å²) in [5.41, 5.74) is 1.03. The van der Waals surface area contributed by atoms with Crippen LogP contribution in [0.15, 0.2) is 12.4 Å². The standard InChI is InChI=1S/C14H23N3/c1-3-13(12-7-5-4-6-8-12)17-14-9-11(2)15-10-16-14/h9-10,12-13H,3-8H2,1-2H3,(H,15,16,17). The van der Waals surface area contributed by atoms with Crippen LogP contribution >= 0.6 is 0 Å². The first-order valence-corrected chi connectivity index (χ1v) is 6.84. The van der Waals surface area contributed by atoms with Gasteiger partial charge in [0.15, 0.2) is 0 Å². The molecule has 0 aliphatic heterocycles. The van der Waals surface area contributed by atoms with E-state index in [1.807, 2.05) is 13.0 Å². The molecule has 1 unspecified atom stereocenters. The van der Waals surface area contributed by atoms with Gasteiger partial charge in [0.05, 0.1) is 0 Å². The van der Waals surface area contributed by atoms with Gasteiger partial charge in [0.1, 0.15) is 12.1 Å². The topological polar surface area (TPSA) is 37.8 Å². The highest BCUT2D eigenvalue weighted by Gasteiger charge is 2.22. The van der Waals surface area contributed by atoms with E-state index in [2.05, 4.69) is 22.2 Å². The van der Waals surface area contributed by atoms with Gasteiger partial charge in [-0.2, -0.15) is 0 Å². The number of rotatable bonds is 4. The molecule has 1 saturated carbocycles. The molecular formula is C14H23N3. The normalized spacial score (nSPS) is 18.9. The highest BCUT2D eigenvalue weighted by molar-refractivity contribution is 5.35. The molecule has 0 amide bonds. The second-order valence-corrected chi connectivity index (χ2v) is 5.10. The molecular weight excluding hydrogens is 210 g/mol. The van der Waals surface area contributed by atoms with Gasteiger partial charge in [-0.05, 0) is 32.1 Å². The summed E-state index contributed by atoms with van der Waals surface area (Å²) < 4.78 is 0. The van der Waals surface area contributed by atoms with Gasteiger partial charge in [-0.15, -0.1) is 0 Å². The molecule has 1 heterocycles. The average Bonchev–Trinajstić information content (AvgIpc) is 2.37. The summed E-state index contributed by atoms with van der Waals surface area (Å²) in [6, 6.07) is 2.61. The van der Waals surface area contributed by atoms with E-state index < -0.39 is 0 Å². The van der Waals surface area contributed by atoms with Crippen LogP contribution in [0.3, 0.4) is 0 Å². The van der Waals surface area contributed by atoms with Crippen LogP contribution < -0.4 is 5.32 Å². The Kier molecular flexibility index (Phi) is 4.35. The fraction of sp³-hybridized carbons (Fsp3) is 0.714. The average molecular weight is 233 g/mol. The van der Waals surface area contributed by atoms with E-state index in [4.69, 9.17) is 0 Å². The lowest BCUT2D eigenvalue weighted by atomic mass is 9.83. The van der Waals surface area contributed by atoms with Crippen molar-refractivity contribution in [3.05, 3.63) is 18.1 Å². The van der Waals surface area contributed by atoms with Crippen LogP contribution in [0.2, 0.25) is 0 Å². The second-order valence-electron chi connectivity index (χ2n) is 5.10. The van der Waals surface area contributed by atoms with Gasteiger partial charge in [0, 0.05) is 17.8 Å². The molecule has 0 bridgehead atoms. The van der Waals surface area contributed by atoms with E-state index in [9.17, 15) is 0 Å².